The molecule has 0 spiro atoms. The highest BCUT2D eigenvalue weighted by Gasteiger charge is 2.15. The van der Waals surface area contributed by atoms with Gasteiger partial charge in [0, 0.05) is 6.54 Å². The number of carbonyl (C=O) groups excluding carboxylic acids is 1. The number of nitrogens with one attached hydrogen (secondary N) is 1. The number of hydrogen-bond donors (Lipinski definition) is 2. The number of unbranched alkanes of at least 4 members (excludes halogenated alkanes) is 2. The van der Waals surface area contributed by atoms with Gasteiger partial charge in [0.25, 0.3) is 0 Å². The molecule has 1 atom stereocenters. The molecule has 0 aliphatic rings. The van der Waals surface area contributed by atoms with Crippen molar-refractivity contribution in [3.8, 4) is 0 Å². The van der Waals surface area contributed by atoms with Gasteiger partial charge < -0.3 is 15.2 Å². The van der Waals surface area contributed by atoms with Crippen molar-refractivity contribution in [1.29, 1.82) is 0 Å². The van der Waals surface area contributed by atoms with Gasteiger partial charge in [0.05, 0.1) is 5.92 Å². The van der Waals surface area contributed by atoms with Crippen LogP contribution < -0.4 is 5.32 Å². The fourth-order valence-electron chi connectivity index (χ4n) is 1.38. The molecule has 0 aliphatic heterocycles. The van der Waals surface area contributed by atoms with E-state index in [-0.39, 0.29) is 5.92 Å². The Kier molecular flexibility index (Phi) is 7.39. The molecule has 18 heavy (non-hydrogen) atoms. The van der Waals surface area contributed by atoms with E-state index in [9.17, 15) is 9.59 Å². The number of carbonyl (C=O) groups is 2. The minimum atomic E-state index is -0.748. The predicted molar refractivity (Wildman–Crippen MR) is 69.5 cm³/mol. The minimum Gasteiger partial charge on any atom is -0.481 e. The van der Waals surface area contributed by atoms with Crippen LogP contribution in [0, 0.1) is 5.92 Å². The molecule has 0 aromatic carbocycles. The lowest BCUT2D eigenvalue weighted by molar-refractivity contribution is -0.141. The molecule has 0 heterocycles. The SMILES string of the molecule is CC(CCCCCNC(=O)OC(C)(C)C)C(=O)O. The van der Waals surface area contributed by atoms with E-state index >= 15 is 0 Å². The van der Waals surface area contributed by atoms with Crippen LogP contribution in [-0.4, -0.2) is 29.3 Å². The second-order valence-corrected chi connectivity index (χ2v) is 5.52. The molecule has 0 radical (unpaired) electrons. The molecular formula is C13H25NO4. The van der Waals surface area contributed by atoms with Gasteiger partial charge in [-0.15, -0.1) is 0 Å². The first kappa shape index (κ1) is 16.7. The van der Waals surface area contributed by atoms with E-state index in [4.69, 9.17) is 9.84 Å². The standard InChI is InChI=1S/C13H25NO4/c1-10(11(15)16)8-6-5-7-9-14-12(17)18-13(2,3)4/h10H,5-9H2,1-4H3,(H,14,17)(H,15,16). The summed E-state index contributed by atoms with van der Waals surface area (Å²) in [5.74, 6) is -1.04. The Morgan fingerprint density at radius 3 is 2.33 bits per heavy atom. The number of hydrogen-bond acceptors (Lipinski definition) is 3. The van der Waals surface area contributed by atoms with Gasteiger partial charge in [-0.1, -0.05) is 19.8 Å². The van der Waals surface area contributed by atoms with Gasteiger partial charge >= 0.3 is 12.1 Å². The largest absolute Gasteiger partial charge is 0.481 e. The zero-order valence-electron chi connectivity index (χ0n) is 11.8. The van der Waals surface area contributed by atoms with Gasteiger partial charge in [-0.2, -0.15) is 0 Å². The van der Waals surface area contributed by atoms with Crippen LogP contribution in [-0.2, 0) is 9.53 Å². The third-order valence-corrected chi connectivity index (χ3v) is 2.40. The summed E-state index contributed by atoms with van der Waals surface area (Å²) in [6.07, 6.45) is 2.89. The first-order chi connectivity index (χ1) is 8.22. The van der Waals surface area contributed by atoms with Crippen LogP contribution in [0.5, 0.6) is 0 Å². The summed E-state index contributed by atoms with van der Waals surface area (Å²) in [6, 6.07) is 0. The van der Waals surface area contributed by atoms with Gasteiger partial charge in [0.15, 0.2) is 0 Å². The molecule has 106 valence electrons. The quantitative estimate of drug-likeness (QED) is 0.689. The van der Waals surface area contributed by atoms with Crippen molar-refractivity contribution >= 4 is 12.1 Å². The van der Waals surface area contributed by atoms with E-state index in [0.717, 1.165) is 19.3 Å². The molecule has 0 bridgehead atoms. The highest BCUT2D eigenvalue weighted by molar-refractivity contribution is 5.69. The fraction of sp³-hybridized carbons (Fsp3) is 0.846. The highest BCUT2D eigenvalue weighted by atomic mass is 16.6. The lowest BCUT2D eigenvalue weighted by Crippen LogP contribution is -2.32. The van der Waals surface area contributed by atoms with Crippen LogP contribution >= 0.6 is 0 Å². The number of ether oxygens (including phenoxy) is 1. The molecule has 0 aromatic heterocycles. The Labute approximate surface area is 109 Å². The van der Waals surface area contributed by atoms with Gasteiger partial charge in [-0.25, -0.2) is 4.79 Å². The van der Waals surface area contributed by atoms with Gasteiger partial charge in [-0.3, -0.25) is 4.79 Å². The minimum absolute atomic E-state index is 0.288. The van der Waals surface area contributed by atoms with Gasteiger partial charge in [-0.05, 0) is 33.6 Å². The van der Waals surface area contributed by atoms with Crippen molar-refractivity contribution in [1.82, 2.24) is 5.32 Å². The maximum absolute atomic E-state index is 11.3. The van der Waals surface area contributed by atoms with E-state index in [1.165, 1.54) is 0 Å². The van der Waals surface area contributed by atoms with E-state index in [0.29, 0.717) is 13.0 Å². The van der Waals surface area contributed by atoms with Crippen molar-refractivity contribution in [3.63, 3.8) is 0 Å². The monoisotopic (exact) mass is 259 g/mol. The smallest absolute Gasteiger partial charge is 0.407 e. The summed E-state index contributed by atoms with van der Waals surface area (Å²) in [4.78, 5) is 21.8. The Hall–Kier alpha value is -1.26. The summed E-state index contributed by atoms with van der Waals surface area (Å²) in [5, 5.41) is 11.4. The Balaban J connectivity index is 3.46. The molecular weight excluding hydrogens is 234 g/mol. The molecule has 0 aliphatic carbocycles. The Bertz CT molecular complexity index is 271. The van der Waals surface area contributed by atoms with Crippen LogP contribution in [0.1, 0.15) is 53.4 Å². The third-order valence-electron chi connectivity index (χ3n) is 2.40. The maximum Gasteiger partial charge on any atom is 0.407 e. The number of carboxylic acid groups (broad SMARTS) is 1. The molecule has 0 fully saturated rings. The van der Waals surface area contributed by atoms with Crippen molar-refractivity contribution in [2.24, 2.45) is 5.92 Å². The number of carboxylic acids is 1. The molecule has 0 aromatic rings. The molecule has 1 amide bonds. The molecule has 0 saturated heterocycles. The summed E-state index contributed by atoms with van der Waals surface area (Å²) >= 11 is 0. The third kappa shape index (κ3) is 9.93. The maximum atomic E-state index is 11.3. The van der Waals surface area contributed by atoms with Gasteiger partial charge in [0.1, 0.15) is 5.60 Å². The van der Waals surface area contributed by atoms with E-state index < -0.39 is 17.7 Å². The average Bonchev–Trinajstić information content (AvgIpc) is 2.19. The molecule has 5 nitrogen and oxygen atoms in total. The molecule has 0 saturated carbocycles. The Morgan fingerprint density at radius 1 is 1.22 bits per heavy atom. The summed E-state index contributed by atoms with van der Waals surface area (Å²) in [5.41, 5.74) is -0.471. The zero-order chi connectivity index (χ0) is 14.2. The lowest BCUT2D eigenvalue weighted by Gasteiger charge is -2.19. The number of rotatable bonds is 7. The highest BCUT2D eigenvalue weighted by Crippen LogP contribution is 2.09. The zero-order valence-corrected chi connectivity index (χ0v) is 11.8. The van der Waals surface area contributed by atoms with Crippen molar-refractivity contribution in [3.05, 3.63) is 0 Å². The molecule has 1 unspecified atom stereocenters. The summed E-state index contributed by atoms with van der Waals surface area (Å²) < 4.78 is 5.09. The molecule has 2 N–H and O–H groups in total. The second-order valence-electron chi connectivity index (χ2n) is 5.52. The van der Waals surface area contributed by atoms with Crippen LogP contribution in [0.2, 0.25) is 0 Å². The van der Waals surface area contributed by atoms with E-state index in [1.807, 2.05) is 20.8 Å². The molecule has 0 rings (SSSR count). The first-order valence-corrected chi connectivity index (χ1v) is 6.42. The van der Waals surface area contributed by atoms with Crippen LogP contribution in [0.15, 0.2) is 0 Å². The van der Waals surface area contributed by atoms with E-state index in [2.05, 4.69) is 5.32 Å². The predicted octanol–water partition coefficient (Wildman–Crippen LogP) is 2.79. The lowest BCUT2D eigenvalue weighted by atomic mass is 10.0. The second kappa shape index (κ2) is 7.95. The Morgan fingerprint density at radius 2 is 1.83 bits per heavy atom. The van der Waals surface area contributed by atoms with Crippen LogP contribution in [0.3, 0.4) is 0 Å². The summed E-state index contributed by atoms with van der Waals surface area (Å²) in [7, 11) is 0. The average molecular weight is 259 g/mol. The van der Waals surface area contributed by atoms with Crippen LogP contribution in [0.4, 0.5) is 4.79 Å². The van der Waals surface area contributed by atoms with E-state index in [1.54, 1.807) is 6.92 Å². The molecule has 5 heteroatoms. The first-order valence-electron chi connectivity index (χ1n) is 6.42. The van der Waals surface area contributed by atoms with Crippen molar-refractivity contribution < 1.29 is 19.4 Å². The normalized spacial score (nSPS) is 12.9. The number of aliphatic carboxylic acids is 1. The topological polar surface area (TPSA) is 75.6 Å². The van der Waals surface area contributed by atoms with Crippen molar-refractivity contribution in [2.75, 3.05) is 6.54 Å². The number of amides is 1. The van der Waals surface area contributed by atoms with Crippen molar-refractivity contribution in [2.45, 2.75) is 59.0 Å². The van der Waals surface area contributed by atoms with Crippen LogP contribution in [0.25, 0.3) is 0 Å². The summed E-state index contributed by atoms with van der Waals surface area (Å²) in [6.45, 7) is 7.73. The fourth-order valence-corrected chi connectivity index (χ4v) is 1.38. The van der Waals surface area contributed by atoms with Gasteiger partial charge in [0.2, 0.25) is 0 Å². The number of alkyl carbamates (subject to hydrolysis) is 1.